The number of likely N-dealkylation sites (tertiary alicyclic amines) is 1. The van der Waals surface area contributed by atoms with Gasteiger partial charge in [0.1, 0.15) is 0 Å². The highest BCUT2D eigenvalue weighted by Crippen LogP contribution is 2.29. The Bertz CT molecular complexity index is 251. The molecule has 2 aliphatic heterocycles. The number of nitrogens with one attached hydrogen (secondary N) is 1. The maximum atomic E-state index is 12.5. The van der Waals surface area contributed by atoms with Crippen LogP contribution in [0.3, 0.4) is 0 Å². The normalized spacial score (nSPS) is 32.8. The van der Waals surface area contributed by atoms with Crippen molar-refractivity contribution < 1.29 is 4.79 Å². The lowest BCUT2D eigenvalue weighted by Gasteiger charge is -2.40. The first-order valence-corrected chi connectivity index (χ1v) is 6.62. The number of rotatable bonds is 1. The van der Waals surface area contributed by atoms with Crippen molar-refractivity contribution in [3.63, 3.8) is 0 Å². The van der Waals surface area contributed by atoms with Crippen molar-refractivity contribution in [2.75, 3.05) is 26.2 Å². The van der Waals surface area contributed by atoms with Crippen LogP contribution in [-0.2, 0) is 4.79 Å². The second-order valence-corrected chi connectivity index (χ2v) is 5.82. The standard InChI is InChI=1S/C13H24N2O/c1-11-4-8-15(9-5-11)12(16)13(2)6-3-7-14-10-13/h11,14H,3-10H2,1-2H3. The second-order valence-electron chi connectivity index (χ2n) is 5.82. The number of amides is 1. The maximum Gasteiger partial charge on any atom is 0.229 e. The van der Waals surface area contributed by atoms with E-state index in [0.29, 0.717) is 5.91 Å². The summed E-state index contributed by atoms with van der Waals surface area (Å²) in [6.07, 6.45) is 4.53. The lowest BCUT2D eigenvalue weighted by atomic mass is 9.80. The molecule has 3 nitrogen and oxygen atoms in total. The monoisotopic (exact) mass is 224 g/mol. The van der Waals surface area contributed by atoms with E-state index in [0.717, 1.165) is 44.9 Å². The van der Waals surface area contributed by atoms with Crippen LogP contribution in [0.4, 0.5) is 0 Å². The third kappa shape index (κ3) is 2.40. The van der Waals surface area contributed by atoms with Crippen molar-refractivity contribution in [3.8, 4) is 0 Å². The molecule has 2 rings (SSSR count). The number of piperidine rings is 2. The molecular weight excluding hydrogens is 200 g/mol. The van der Waals surface area contributed by atoms with Crippen LogP contribution in [0.25, 0.3) is 0 Å². The maximum absolute atomic E-state index is 12.5. The Kier molecular flexibility index (Phi) is 3.53. The molecule has 1 N–H and O–H groups in total. The second kappa shape index (κ2) is 4.74. The Morgan fingerprint density at radius 3 is 2.62 bits per heavy atom. The molecule has 2 aliphatic rings. The molecule has 0 aromatic heterocycles. The van der Waals surface area contributed by atoms with Gasteiger partial charge in [-0.05, 0) is 45.1 Å². The van der Waals surface area contributed by atoms with Crippen LogP contribution >= 0.6 is 0 Å². The number of carbonyl (C=O) groups is 1. The topological polar surface area (TPSA) is 32.3 Å². The van der Waals surface area contributed by atoms with E-state index in [1.54, 1.807) is 0 Å². The van der Waals surface area contributed by atoms with Crippen molar-refractivity contribution in [1.29, 1.82) is 0 Å². The first-order valence-electron chi connectivity index (χ1n) is 6.62. The molecule has 0 aromatic rings. The van der Waals surface area contributed by atoms with Gasteiger partial charge >= 0.3 is 0 Å². The van der Waals surface area contributed by atoms with Gasteiger partial charge in [-0.25, -0.2) is 0 Å². The molecule has 2 fully saturated rings. The molecule has 1 amide bonds. The fourth-order valence-electron chi connectivity index (χ4n) is 2.83. The summed E-state index contributed by atoms with van der Waals surface area (Å²) in [6, 6.07) is 0. The van der Waals surface area contributed by atoms with Crippen LogP contribution < -0.4 is 5.32 Å². The fourth-order valence-corrected chi connectivity index (χ4v) is 2.83. The summed E-state index contributed by atoms with van der Waals surface area (Å²) in [7, 11) is 0. The van der Waals surface area contributed by atoms with Crippen LogP contribution in [0.5, 0.6) is 0 Å². The van der Waals surface area contributed by atoms with Gasteiger partial charge in [0, 0.05) is 19.6 Å². The van der Waals surface area contributed by atoms with Gasteiger partial charge in [-0.3, -0.25) is 4.79 Å². The molecule has 92 valence electrons. The van der Waals surface area contributed by atoms with Gasteiger partial charge in [0.05, 0.1) is 5.41 Å². The number of nitrogens with zero attached hydrogens (tertiary/aromatic N) is 1. The minimum Gasteiger partial charge on any atom is -0.342 e. The zero-order valence-corrected chi connectivity index (χ0v) is 10.6. The quantitative estimate of drug-likeness (QED) is 0.734. The number of hydrogen-bond donors (Lipinski definition) is 1. The van der Waals surface area contributed by atoms with Crippen molar-refractivity contribution in [1.82, 2.24) is 10.2 Å². The summed E-state index contributed by atoms with van der Waals surface area (Å²) >= 11 is 0. The lowest BCUT2D eigenvalue weighted by Crippen LogP contribution is -2.52. The summed E-state index contributed by atoms with van der Waals surface area (Å²) in [4.78, 5) is 14.6. The predicted molar refractivity (Wildman–Crippen MR) is 65.2 cm³/mol. The Balaban J connectivity index is 1.95. The van der Waals surface area contributed by atoms with Gasteiger partial charge in [0.15, 0.2) is 0 Å². The van der Waals surface area contributed by atoms with Crippen molar-refractivity contribution in [3.05, 3.63) is 0 Å². The molecule has 0 bridgehead atoms. The molecule has 0 saturated carbocycles. The van der Waals surface area contributed by atoms with Crippen molar-refractivity contribution >= 4 is 5.91 Å². The Hall–Kier alpha value is -0.570. The van der Waals surface area contributed by atoms with E-state index in [9.17, 15) is 4.79 Å². The van der Waals surface area contributed by atoms with E-state index in [2.05, 4.69) is 24.1 Å². The largest absolute Gasteiger partial charge is 0.342 e. The molecule has 0 spiro atoms. The Morgan fingerprint density at radius 1 is 1.38 bits per heavy atom. The van der Waals surface area contributed by atoms with Crippen LogP contribution in [-0.4, -0.2) is 37.0 Å². The molecule has 0 radical (unpaired) electrons. The molecule has 2 saturated heterocycles. The van der Waals surface area contributed by atoms with Gasteiger partial charge in [-0.2, -0.15) is 0 Å². The van der Waals surface area contributed by atoms with Crippen molar-refractivity contribution in [2.24, 2.45) is 11.3 Å². The molecule has 0 aromatic carbocycles. The highest BCUT2D eigenvalue weighted by molar-refractivity contribution is 5.82. The van der Waals surface area contributed by atoms with Crippen molar-refractivity contribution in [2.45, 2.75) is 39.5 Å². The summed E-state index contributed by atoms with van der Waals surface area (Å²) in [6.45, 7) is 8.27. The third-order valence-corrected chi connectivity index (χ3v) is 4.18. The average Bonchev–Trinajstić information content (AvgIpc) is 2.30. The fraction of sp³-hybridized carbons (Fsp3) is 0.923. The van der Waals surface area contributed by atoms with Gasteiger partial charge in [0.2, 0.25) is 5.91 Å². The zero-order valence-electron chi connectivity index (χ0n) is 10.6. The van der Waals surface area contributed by atoms with E-state index >= 15 is 0 Å². The summed E-state index contributed by atoms with van der Waals surface area (Å²) in [5, 5.41) is 3.36. The Labute approximate surface area is 98.6 Å². The number of carbonyl (C=O) groups excluding carboxylic acids is 1. The molecule has 1 atom stereocenters. The molecule has 16 heavy (non-hydrogen) atoms. The summed E-state index contributed by atoms with van der Waals surface area (Å²) in [5.41, 5.74) is -0.140. The van der Waals surface area contributed by atoms with E-state index < -0.39 is 0 Å². The number of hydrogen-bond acceptors (Lipinski definition) is 2. The van der Waals surface area contributed by atoms with Crippen LogP contribution in [0, 0.1) is 11.3 Å². The van der Waals surface area contributed by atoms with Gasteiger partial charge < -0.3 is 10.2 Å². The van der Waals surface area contributed by atoms with Crippen LogP contribution in [0.2, 0.25) is 0 Å². The smallest absolute Gasteiger partial charge is 0.229 e. The highest BCUT2D eigenvalue weighted by Gasteiger charge is 2.38. The zero-order chi connectivity index (χ0) is 11.6. The van der Waals surface area contributed by atoms with E-state index in [1.165, 1.54) is 12.8 Å². The highest BCUT2D eigenvalue weighted by atomic mass is 16.2. The van der Waals surface area contributed by atoms with Gasteiger partial charge in [-0.1, -0.05) is 6.92 Å². The predicted octanol–water partition coefficient (Wildman–Crippen LogP) is 1.63. The van der Waals surface area contributed by atoms with Gasteiger partial charge in [0.25, 0.3) is 0 Å². The molecule has 2 heterocycles. The SMILES string of the molecule is CC1CCN(C(=O)C2(C)CCCNC2)CC1. The third-order valence-electron chi connectivity index (χ3n) is 4.18. The van der Waals surface area contributed by atoms with Crippen LogP contribution in [0.1, 0.15) is 39.5 Å². The van der Waals surface area contributed by atoms with E-state index in [4.69, 9.17) is 0 Å². The van der Waals surface area contributed by atoms with Crippen LogP contribution in [0.15, 0.2) is 0 Å². The lowest BCUT2D eigenvalue weighted by molar-refractivity contribution is -0.143. The molecule has 1 unspecified atom stereocenters. The average molecular weight is 224 g/mol. The minimum absolute atomic E-state index is 0.140. The van der Waals surface area contributed by atoms with Gasteiger partial charge in [-0.15, -0.1) is 0 Å². The first kappa shape index (κ1) is 11.9. The molecule has 3 heteroatoms. The minimum atomic E-state index is -0.140. The van der Waals surface area contributed by atoms with E-state index in [1.807, 2.05) is 0 Å². The molecule has 0 aliphatic carbocycles. The first-order chi connectivity index (χ1) is 7.62. The summed E-state index contributed by atoms with van der Waals surface area (Å²) < 4.78 is 0. The summed E-state index contributed by atoms with van der Waals surface area (Å²) in [5.74, 6) is 1.17. The van der Waals surface area contributed by atoms with E-state index in [-0.39, 0.29) is 5.41 Å². The molecular formula is C13H24N2O. The Morgan fingerprint density at radius 2 is 2.06 bits per heavy atom.